The van der Waals surface area contributed by atoms with Crippen molar-refractivity contribution in [2.45, 2.75) is 57.0 Å². The summed E-state index contributed by atoms with van der Waals surface area (Å²) in [5.41, 5.74) is 0.585. The number of hydrogen-bond donors (Lipinski definition) is 2. The molecule has 10 heteroatoms. The highest BCUT2D eigenvalue weighted by molar-refractivity contribution is 7.91. The number of carbonyl (C=O) groups is 2. The smallest absolute Gasteiger partial charge is 0.410 e. The highest BCUT2D eigenvalue weighted by atomic mass is 32.2. The minimum absolute atomic E-state index is 0.142. The molecule has 2 amide bonds. The molecule has 8 nitrogen and oxygen atoms in total. The van der Waals surface area contributed by atoms with Crippen LogP contribution in [0.5, 0.6) is 0 Å². The van der Waals surface area contributed by atoms with Crippen molar-refractivity contribution in [3.63, 3.8) is 0 Å². The first-order valence-electron chi connectivity index (χ1n) is 9.85. The van der Waals surface area contributed by atoms with Gasteiger partial charge >= 0.3 is 6.09 Å². The maximum atomic E-state index is 12.6. The normalized spacial score (nSPS) is 12.8. The fourth-order valence-electron chi connectivity index (χ4n) is 2.62. The molecule has 0 spiro atoms. The summed E-state index contributed by atoms with van der Waals surface area (Å²) in [6.07, 6.45) is -0.451. The van der Waals surface area contributed by atoms with Crippen molar-refractivity contribution in [1.29, 1.82) is 0 Å². The molecular weight excluding hydrogens is 438 g/mol. The number of carbonyl (C=O) groups excluding carboxylic acids is 2. The molecular formula is C21H29N3O5S2. The van der Waals surface area contributed by atoms with Gasteiger partial charge in [0.05, 0.1) is 12.6 Å². The average molecular weight is 468 g/mol. The Morgan fingerprint density at radius 3 is 2.42 bits per heavy atom. The standard InChI is InChI=1S/C21H29N3O5S2/c1-6-24(20(26)29-21(3,4)5)14-16-10-7-8-11-17(16)22-19(25)15(2)23-31(27,28)18-12-9-13-30-18/h7-13,15,23H,6,14H2,1-5H3,(H,22,25). The number of hydrogen-bond acceptors (Lipinski definition) is 6. The van der Waals surface area contributed by atoms with Gasteiger partial charge in [0.2, 0.25) is 5.91 Å². The van der Waals surface area contributed by atoms with Crippen LogP contribution >= 0.6 is 11.3 Å². The molecule has 0 aliphatic heterocycles. The maximum absolute atomic E-state index is 12.6. The number of amides is 2. The lowest BCUT2D eigenvalue weighted by molar-refractivity contribution is -0.117. The monoisotopic (exact) mass is 467 g/mol. The van der Waals surface area contributed by atoms with Gasteiger partial charge in [-0.2, -0.15) is 4.72 Å². The van der Waals surface area contributed by atoms with Crippen LogP contribution in [0.3, 0.4) is 0 Å². The summed E-state index contributed by atoms with van der Waals surface area (Å²) in [6.45, 7) is 9.36. The molecule has 0 bridgehead atoms. The third-order valence-corrected chi connectivity index (χ3v) is 7.09. The minimum atomic E-state index is -3.78. The number of anilines is 1. The lowest BCUT2D eigenvalue weighted by Crippen LogP contribution is -2.41. The third kappa shape index (κ3) is 7.34. The lowest BCUT2D eigenvalue weighted by Gasteiger charge is -2.27. The van der Waals surface area contributed by atoms with Crippen molar-refractivity contribution >= 4 is 39.0 Å². The second kappa shape index (κ2) is 10.3. The molecule has 1 heterocycles. The molecule has 2 aromatic rings. The van der Waals surface area contributed by atoms with Gasteiger partial charge in [-0.1, -0.05) is 24.3 Å². The lowest BCUT2D eigenvalue weighted by atomic mass is 10.1. The number of nitrogens with one attached hydrogen (secondary N) is 2. The Morgan fingerprint density at radius 2 is 1.84 bits per heavy atom. The van der Waals surface area contributed by atoms with Gasteiger partial charge < -0.3 is 15.0 Å². The van der Waals surface area contributed by atoms with Gasteiger partial charge in [-0.3, -0.25) is 4.79 Å². The zero-order chi connectivity index (χ0) is 23.2. The summed E-state index contributed by atoms with van der Waals surface area (Å²) < 4.78 is 32.7. The van der Waals surface area contributed by atoms with Crippen LogP contribution in [0, 0.1) is 0 Å². The molecule has 0 aliphatic rings. The van der Waals surface area contributed by atoms with E-state index in [1.54, 1.807) is 56.5 Å². The van der Waals surface area contributed by atoms with Gasteiger partial charge in [-0.05, 0) is 57.7 Å². The molecule has 2 rings (SSSR count). The molecule has 1 atom stereocenters. The van der Waals surface area contributed by atoms with Gasteiger partial charge in [0.1, 0.15) is 9.81 Å². The second-order valence-corrected chi connectivity index (χ2v) is 10.8. The highest BCUT2D eigenvalue weighted by Gasteiger charge is 2.25. The summed E-state index contributed by atoms with van der Waals surface area (Å²) >= 11 is 1.07. The molecule has 0 saturated heterocycles. The van der Waals surface area contributed by atoms with Gasteiger partial charge in [0.15, 0.2) is 0 Å². The summed E-state index contributed by atoms with van der Waals surface area (Å²) in [6, 6.07) is 9.17. The molecule has 0 radical (unpaired) electrons. The second-order valence-electron chi connectivity index (χ2n) is 7.92. The zero-order valence-corrected chi connectivity index (χ0v) is 20.0. The van der Waals surface area contributed by atoms with Crippen molar-refractivity contribution in [3.05, 3.63) is 47.3 Å². The van der Waals surface area contributed by atoms with Crippen LogP contribution < -0.4 is 10.0 Å². The van der Waals surface area contributed by atoms with Crippen LogP contribution in [0.2, 0.25) is 0 Å². The summed E-state index contributed by atoms with van der Waals surface area (Å²) in [4.78, 5) is 26.6. The predicted octanol–water partition coefficient (Wildman–Crippen LogP) is 3.81. The van der Waals surface area contributed by atoms with Crippen LogP contribution in [0.1, 0.15) is 40.2 Å². The summed E-state index contributed by atoms with van der Waals surface area (Å²) in [5.74, 6) is -0.507. The van der Waals surface area contributed by atoms with E-state index in [1.165, 1.54) is 17.9 Å². The molecule has 0 fully saturated rings. The quantitative estimate of drug-likeness (QED) is 0.614. The Morgan fingerprint density at radius 1 is 1.16 bits per heavy atom. The molecule has 31 heavy (non-hydrogen) atoms. The molecule has 170 valence electrons. The average Bonchev–Trinajstić information content (AvgIpc) is 3.21. The maximum Gasteiger partial charge on any atom is 0.410 e. The number of benzene rings is 1. The van der Waals surface area contributed by atoms with Crippen molar-refractivity contribution < 1.29 is 22.7 Å². The fourth-order valence-corrected chi connectivity index (χ4v) is 4.83. The summed E-state index contributed by atoms with van der Waals surface area (Å²) in [5, 5.41) is 4.41. The van der Waals surface area contributed by atoms with Crippen LogP contribution in [-0.4, -0.2) is 43.5 Å². The molecule has 1 aromatic heterocycles. The van der Waals surface area contributed by atoms with E-state index in [-0.39, 0.29) is 10.8 Å². The van der Waals surface area contributed by atoms with Crippen LogP contribution in [0.4, 0.5) is 10.5 Å². The Labute approximate surface area is 187 Å². The molecule has 2 N–H and O–H groups in total. The Bertz CT molecular complexity index is 998. The first kappa shape index (κ1) is 24.8. The van der Waals surface area contributed by atoms with Gasteiger partial charge in [-0.15, -0.1) is 11.3 Å². The number of sulfonamides is 1. The SMILES string of the molecule is CCN(Cc1ccccc1NC(=O)C(C)NS(=O)(=O)c1cccs1)C(=O)OC(C)(C)C. The topological polar surface area (TPSA) is 105 Å². The first-order valence-corrected chi connectivity index (χ1v) is 12.2. The highest BCUT2D eigenvalue weighted by Crippen LogP contribution is 2.20. The number of para-hydroxylation sites is 1. The van der Waals surface area contributed by atoms with E-state index >= 15 is 0 Å². The van der Waals surface area contributed by atoms with Gasteiger partial charge in [0, 0.05) is 12.2 Å². The predicted molar refractivity (Wildman–Crippen MR) is 121 cm³/mol. The van der Waals surface area contributed by atoms with Crippen molar-refractivity contribution in [2.24, 2.45) is 0 Å². The molecule has 1 unspecified atom stereocenters. The molecule has 0 saturated carbocycles. The van der Waals surface area contributed by atoms with E-state index < -0.39 is 33.7 Å². The van der Waals surface area contributed by atoms with Crippen LogP contribution in [0.25, 0.3) is 0 Å². The number of ether oxygens (including phenoxy) is 1. The van der Waals surface area contributed by atoms with E-state index in [0.29, 0.717) is 17.8 Å². The van der Waals surface area contributed by atoms with E-state index in [1.807, 2.05) is 6.92 Å². The Kier molecular flexibility index (Phi) is 8.21. The number of rotatable bonds is 8. The van der Waals surface area contributed by atoms with E-state index in [2.05, 4.69) is 10.0 Å². The van der Waals surface area contributed by atoms with Gasteiger partial charge in [0.25, 0.3) is 10.0 Å². The van der Waals surface area contributed by atoms with Crippen molar-refractivity contribution in [3.8, 4) is 0 Å². The first-order chi connectivity index (χ1) is 14.4. The third-order valence-electron chi connectivity index (χ3n) is 4.15. The van der Waals surface area contributed by atoms with E-state index in [0.717, 1.165) is 11.3 Å². The Balaban J connectivity index is 2.10. The Hall–Kier alpha value is -2.43. The molecule has 1 aromatic carbocycles. The minimum Gasteiger partial charge on any atom is -0.444 e. The van der Waals surface area contributed by atoms with Crippen LogP contribution in [0.15, 0.2) is 46.0 Å². The van der Waals surface area contributed by atoms with Gasteiger partial charge in [-0.25, -0.2) is 13.2 Å². The number of thiophene rings is 1. The largest absolute Gasteiger partial charge is 0.444 e. The van der Waals surface area contributed by atoms with Crippen LogP contribution in [-0.2, 0) is 26.1 Å². The molecule has 0 aliphatic carbocycles. The van der Waals surface area contributed by atoms with E-state index in [4.69, 9.17) is 4.74 Å². The van der Waals surface area contributed by atoms with E-state index in [9.17, 15) is 18.0 Å². The van der Waals surface area contributed by atoms with Crippen molar-refractivity contribution in [1.82, 2.24) is 9.62 Å². The number of nitrogens with zero attached hydrogens (tertiary/aromatic N) is 1. The summed E-state index contributed by atoms with van der Waals surface area (Å²) in [7, 11) is -3.78. The zero-order valence-electron chi connectivity index (χ0n) is 18.3. The van der Waals surface area contributed by atoms with Crippen molar-refractivity contribution in [2.75, 3.05) is 11.9 Å². The fraction of sp³-hybridized carbons (Fsp3) is 0.429.